The molecule has 3 aliphatic rings. The Balaban J connectivity index is 1.48. The van der Waals surface area contributed by atoms with Gasteiger partial charge in [0, 0.05) is 39.3 Å². The minimum absolute atomic E-state index is 0.116. The predicted octanol–water partition coefficient (Wildman–Crippen LogP) is 2.82. The van der Waals surface area contributed by atoms with Crippen molar-refractivity contribution in [2.45, 2.75) is 52.0 Å². The van der Waals surface area contributed by atoms with Crippen LogP contribution in [0.15, 0.2) is 30.3 Å². The van der Waals surface area contributed by atoms with E-state index in [4.69, 9.17) is 9.72 Å². The number of aromatic nitrogens is 2. The highest BCUT2D eigenvalue weighted by molar-refractivity contribution is 5.98. The molecule has 166 valence electrons. The number of rotatable bonds is 6. The van der Waals surface area contributed by atoms with Crippen molar-refractivity contribution in [1.29, 1.82) is 0 Å². The van der Waals surface area contributed by atoms with Gasteiger partial charge in [0.2, 0.25) is 0 Å². The highest BCUT2D eigenvalue weighted by Gasteiger charge is 2.34. The topological polar surface area (TPSA) is 62.6 Å². The molecule has 1 aromatic heterocycles. The lowest BCUT2D eigenvalue weighted by Gasteiger charge is -2.35. The number of carbonyl (C=O) groups is 1. The molecule has 0 unspecified atom stereocenters. The Bertz CT molecular complexity index is 914. The molecule has 7 heteroatoms. The Morgan fingerprint density at radius 1 is 1.10 bits per heavy atom. The molecule has 0 bridgehead atoms. The minimum atomic E-state index is 0.116. The fourth-order valence-corrected chi connectivity index (χ4v) is 4.86. The van der Waals surface area contributed by atoms with Crippen LogP contribution in [0.3, 0.4) is 0 Å². The number of morpholine rings is 1. The number of hydrogen-bond acceptors (Lipinski definition) is 5. The van der Waals surface area contributed by atoms with Gasteiger partial charge in [0.1, 0.15) is 5.82 Å². The van der Waals surface area contributed by atoms with E-state index >= 15 is 0 Å². The Morgan fingerprint density at radius 2 is 1.84 bits per heavy atom. The van der Waals surface area contributed by atoms with Crippen molar-refractivity contribution in [3.8, 4) is 0 Å². The summed E-state index contributed by atoms with van der Waals surface area (Å²) in [5.74, 6) is 2.48. The van der Waals surface area contributed by atoms with Gasteiger partial charge in [0.25, 0.3) is 5.91 Å². The van der Waals surface area contributed by atoms with E-state index in [1.54, 1.807) is 0 Å². The van der Waals surface area contributed by atoms with E-state index in [1.807, 2.05) is 11.0 Å². The molecular weight excluding hydrogens is 390 g/mol. The largest absolute Gasteiger partial charge is 0.373 e. The Kier molecular flexibility index (Phi) is 5.71. The standard InChI is InChI=1S/C24H33N5O2/c1-17-12-27(13-18(2)31-17)16-21-26-23-22(29(21)15-19-6-4-3-5-7-19)24(30)28(11-10-25-23)14-20-8-9-20/h3-7,17-18,20,25H,8-16H2,1-2H3/t17-,18+. The zero-order valence-electron chi connectivity index (χ0n) is 18.6. The number of nitrogens with one attached hydrogen (secondary N) is 1. The Labute approximate surface area is 184 Å². The van der Waals surface area contributed by atoms with Crippen molar-refractivity contribution >= 4 is 11.7 Å². The number of imidazole rings is 1. The van der Waals surface area contributed by atoms with E-state index in [0.29, 0.717) is 18.2 Å². The molecule has 3 heterocycles. The van der Waals surface area contributed by atoms with Crippen LogP contribution in [0, 0.1) is 5.92 Å². The van der Waals surface area contributed by atoms with Crippen LogP contribution >= 0.6 is 0 Å². The maximum Gasteiger partial charge on any atom is 0.274 e. The minimum Gasteiger partial charge on any atom is -0.373 e. The lowest BCUT2D eigenvalue weighted by molar-refractivity contribution is -0.0712. The van der Waals surface area contributed by atoms with Gasteiger partial charge < -0.3 is 19.5 Å². The number of anilines is 1. The first-order valence-corrected chi connectivity index (χ1v) is 11.6. The van der Waals surface area contributed by atoms with Crippen LogP contribution in [0.5, 0.6) is 0 Å². The lowest BCUT2D eigenvalue weighted by atomic mass is 10.2. The van der Waals surface area contributed by atoms with Gasteiger partial charge in [-0.15, -0.1) is 0 Å². The van der Waals surface area contributed by atoms with E-state index in [2.05, 4.69) is 52.9 Å². The van der Waals surface area contributed by atoms with Gasteiger partial charge in [-0.2, -0.15) is 0 Å². The highest BCUT2D eigenvalue weighted by atomic mass is 16.5. The summed E-state index contributed by atoms with van der Waals surface area (Å²) in [7, 11) is 0. The van der Waals surface area contributed by atoms with Gasteiger partial charge in [0.15, 0.2) is 11.5 Å². The lowest BCUT2D eigenvalue weighted by Crippen LogP contribution is -2.45. The van der Waals surface area contributed by atoms with Gasteiger partial charge in [-0.1, -0.05) is 30.3 Å². The first-order valence-electron chi connectivity index (χ1n) is 11.6. The average molecular weight is 424 g/mol. The molecule has 2 aliphatic heterocycles. The summed E-state index contributed by atoms with van der Waals surface area (Å²) in [5.41, 5.74) is 1.89. The van der Waals surface area contributed by atoms with Crippen molar-refractivity contribution in [1.82, 2.24) is 19.4 Å². The van der Waals surface area contributed by atoms with Crippen LogP contribution in [0.4, 0.5) is 5.82 Å². The molecule has 5 rings (SSSR count). The van der Waals surface area contributed by atoms with Gasteiger partial charge in [-0.3, -0.25) is 9.69 Å². The van der Waals surface area contributed by atoms with E-state index in [1.165, 1.54) is 18.4 Å². The summed E-state index contributed by atoms with van der Waals surface area (Å²) in [6, 6.07) is 10.4. The molecule has 2 atom stereocenters. The molecule has 1 amide bonds. The second kappa shape index (κ2) is 8.63. The second-order valence-corrected chi connectivity index (χ2v) is 9.37. The number of carbonyl (C=O) groups excluding carboxylic acids is 1. The van der Waals surface area contributed by atoms with E-state index in [0.717, 1.165) is 50.9 Å². The van der Waals surface area contributed by atoms with Crippen LogP contribution in [0.1, 0.15) is 48.6 Å². The SMILES string of the molecule is C[C@@H]1CN(Cc2nc3c(n2Cc2ccccc2)C(=O)N(CC2CC2)CCN3)C[C@H](C)O1. The number of ether oxygens (including phenoxy) is 1. The maximum absolute atomic E-state index is 13.6. The summed E-state index contributed by atoms with van der Waals surface area (Å²) in [4.78, 5) is 23.0. The maximum atomic E-state index is 13.6. The van der Waals surface area contributed by atoms with Crippen LogP contribution in [0.2, 0.25) is 0 Å². The van der Waals surface area contributed by atoms with Gasteiger partial charge in [0.05, 0.1) is 18.8 Å². The highest BCUT2D eigenvalue weighted by Crippen LogP contribution is 2.32. The molecular formula is C24H33N5O2. The van der Waals surface area contributed by atoms with Crippen LogP contribution in [-0.2, 0) is 17.8 Å². The van der Waals surface area contributed by atoms with Crippen LogP contribution in [-0.4, -0.2) is 70.2 Å². The summed E-state index contributed by atoms with van der Waals surface area (Å²) >= 11 is 0. The first kappa shape index (κ1) is 20.5. The fraction of sp³-hybridized carbons (Fsp3) is 0.583. The predicted molar refractivity (Wildman–Crippen MR) is 120 cm³/mol. The fourth-order valence-electron chi connectivity index (χ4n) is 4.86. The van der Waals surface area contributed by atoms with Gasteiger partial charge >= 0.3 is 0 Å². The normalized spacial score (nSPS) is 24.6. The Morgan fingerprint density at radius 3 is 2.55 bits per heavy atom. The molecule has 1 saturated heterocycles. The number of benzene rings is 1. The third kappa shape index (κ3) is 4.62. The van der Waals surface area contributed by atoms with Crippen LogP contribution < -0.4 is 5.32 Å². The third-order valence-corrected chi connectivity index (χ3v) is 6.43. The quantitative estimate of drug-likeness (QED) is 0.774. The molecule has 1 saturated carbocycles. The average Bonchev–Trinajstić information content (AvgIpc) is 3.51. The van der Waals surface area contributed by atoms with Crippen molar-refractivity contribution < 1.29 is 9.53 Å². The van der Waals surface area contributed by atoms with Crippen molar-refractivity contribution in [2.75, 3.05) is 38.0 Å². The Hall–Kier alpha value is -2.38. The summed E-state index contributed by atoms with van der Waals surface area (Å²) in [6.07, 6.45) is 2.89. The molecule has 7 nitrogen and oxygen atoms in total. The molecule has 31 heavy (non-hydrogen) atoms. The smallest absolute Gasteiger partial charge is 0.274 e. The van der Waals surface area contributed by atoms with Gasteiger partial charge in [-0.05, 0) is 38.2 Å². The first-order chi connectivity index (χ1) is 15.1. The van der Waals surface area contributed by atoms with E-state index in [9.17, 15) is 4.79 Å². The summed E-state index contributed by atoms with van der Waals surface area (Å²) < 4.78 is 8.06. The zero-order valence-corrected chi connectivity index (χ0v) is 18.6. The van der Waals surface area contributed by atoms with Crippen molar-refractivity contribution in [3.05, 3.63) is 47.4 Å². The monoisotopic (exact) mass is 423 g/mol. The molecule has 1 aliphatic carbocycles. The number of nitrogens with zero attached hydrogens (tertiary/aromatic N) is 4. The molecule has 0 radical (unpaired) electrons. The summed E-state index contributed by atoms with van der Waals surface area (Å²) in [6.45, 7) is 9.72. The second-order valence-electron chi connectivity index (χ2n) is 9.37. The number of fused-ring (bicyclic) bond motifs is 1. The molecule has 2 aromatic rings. The zero-order chi connectivity index (χ0) is 21.4. The molecule has 1 aromatic carbocycles. The van der Waals surface area contributed by atoms with E-state index in [-0.39, 0.29) is 18.1 Å². The molecule has 1 N–H and O–H groups in total. The van der Waals surface area contributed by atoms with Crippen molar-refractivity contribution in [3.63, 3.8) is 0 Å². The van der Waals surface area contributed by atoms with Gasteiger partial charge in [-0.25, -0.2) is 4.98 Å². The summed E-state index contributed by atoms with van der Waals surface area (Å²) in [5, 5.41) is 3.44. The number of amides is 1. The molecule has 2 fully saturated rings. The third-order valence-electron chi connectivity index (χ3n) is 6.43. The molecule has 0 spiro atoms. The van der Waals surface area contributed by atoms with E-state index < -0.39 is 0 Å². The van der Waals surface area contributed by atoms with Crippen molar-refractivity contribution in [2.24, 2.45) is 5.92 Å². The number of hydrogen-bond donors (Lipinski definition) is 1. The van der Waals surface area contributed by atoms with Crippen LogP contribution in [0.25, 0.3) is 0 Å².